The van der Waals surface area contributed by atoms with Crippen LogP contribution in [0, 0.1) is 5.92 Å². The zero-order valence-electron chi connectivity index (χ0n) is 13.1. The summed E-state index contributed by atoms with van der Waals surface area (Å²) in [6, 6.07) is 5.84. The molecule has 2 rings (SSSR count). The molecule has 0 saturated carbocycles. The van der Waals surface area contributed by atoms with Gasteiger partial charge in [0.1, 0.15) is 0 Å². The van der Waals surface area contributed by atoms with Crippen molar-refractivity contribution < 1.29 is 9.59 Å². The minimum Gasteiger partial charge on any atom is -0.326 e. The van der Waals surface area contributed by atoms with Gasteiger partial charge >= 0.3 is 0 Å². The lowest BCUT2D eigenvalue weighted by Gasteiger charge is -2.31. The molecule has 0 fully saturated rings. The smallest absolute Gasteiger partial charge is 0.227 e. The number of carbonyl (C=O) groups excluding carboxylic acids is 2. The molecule has 1 aliphatic heterocycles. The van der Waals surface area contributed by atoms with Crippen LogP contribution in [0.3, 0.4) is 0 Å². The Balaban J connectivity index is 2.20. The highest BCUT2D eigenvalue weighted by molar-refractivity contribution is 5.97. The van der Waals surface area contributed by atoms with Crippen molar-refractivity contribution >= 4 is 23.2 Å². The quantitative estimate of drug-likeness (QED) is 0.903. The molecule has 4 nitrogen and oxygen atoms in total. The lowest BCUT2D eigenvalue weighted by Crippen LogP contribution is -2.37. The summed E-state index contributed by atoms with van der Waals surface area (Å²) in [6.07, 6.45) is 2.68. The normalized spacial score (nSPS) is 14.3. The first-order valence-corrected chi connectivity index (χ1v) is 7.74. The topological polar surface area (TPSA) is 49.4 Å². The number of benzene rings is 1. The summed E-state index contributed by atoms with van der Waals surface area (Å²) >= 11 is 0. The zero-order valence-corrected chi connectivity index (χ0v) is 13.1. The van der Waals surface area contributed by atoms with Crippen molar-refractivity contribution in [3.63, 3.8) is 0 Å². The zero-order chi connectivity index (χ0) is 15.4. The predicted octanol–water partition coefficient (Wildman–Crippen LogP) is 3.36. The van der Waals surface area contributed by atoms with Gasteiger partial charge in [-0.1, -0.05) is 20.8 Å². The molecule has 21 heavy (non-hydrogen) atoms. The van der Waals surface area contributed by atoms with Gasteiger partial charge in [0.2, 0.25) is 11.8 Å². The van der Waals surface area contributed by atoms with E-state index in [0.717, 1.165) is 36.3 Å². The predicted molar refractivity (Wildman–Crippen MR) is 85.5 cm³/mol. The van der Waals surface area contributed by atoms with Gasteiger partial charge in [-0.15, -0.1) is 0 Å². The van der Waals surface area contributed by atoms with Crippen LogP contribution in [-0.2, 0) is 16.0 Å². The average Bonchev–Trinajstić information content (AvgIpc) is 2.42. The fraction of sp³-hybridized carbons (Fsp3) is 0.529. The second-order valence-electron chi connectivity index (χ2n) is 6.04. The van der Waals surface area contributed by atoms with Crippen molar-refractivity contribution in [1.29, 1.82) is 0 Å². The monoisotopic (exact) mass is 288 g/mol. The Labute approximate surface area is 126 Å². The summed E-state index contributed by atoms with van der Waals surface area (Å²) in [5.74, 6) is 0.672. The van der Waals surface area contributed by atoms with Gasteiger partial charge in [0.15, 0.2) is 0 Å². The van der Waals surface area contributed by atoms with Crippen LogP contribution in [0.5, 0.6) is 0 Å². The molecule has 1 aromatic rings. The first-order chi connectivity index (χ1) is 10.0. The van der Waals surface area contributed by atoms with Crippen LogP contribution in [0.25, 0.3) is 0 Å². The minimum absolute atomic E-state index is 0.0448. The summed E-state index contributed by atoms with van der Waals surface area (Å²) in [7, 11) is 0. The number of nitrogens with one attached hydrogen (secondary N) is 1. The first kappa shape index (κ1) is 15.5. The number of aryl methyl sites for hydroxylation is 1. The van der Waals surface area contributed by atoms with Crippen molar-refractivity contribution in [1.82, 2.24) is 0 Å². The van der Waals surface area contributed by atoms with E-state index in [2.05, 4.69) is 19.2 Å². The molecule has 2 amide bonds. The molecule has 0 atom stereocenters. The number of fused-ring (bicyclic) bond motifs is 1. The number of hydrogen-bond acceptors (Lipinski definition) is 2. The van der Waals surface area contributed by atoms with Gasteiger partial charge in [0, 0.05) is 30.8 Å². The van der Waals surface area contributed by atoms with Gasteiger partial charge in [-0.25, -0.2) is 0 Å². The van der Waals surface area contributed by atoms with E-state index >= 15 is 0 Å². The Bertz CT molecular complexity index is 538. The summed E-state index contributed by atoms with van der Waals surface area (Å²) in [5.41, 5.74) is 2.96. The van der Waals surface area contributed by atoms with Crippen LogP contribution >= 0.6 is 0 Å². The van der Waals surface area contributed by atoms with Gasteiger partial charge in [0.05, 0.1) is 0 Å². The van der Waals surface area contributed by atoms with E-state index in [1.165, 1.54) is 0 Å². The summed E-state index contributed by atoms with van der Waals surface area (Å²) in [5, 5.41) is 2.92. The number of anilines is 2. The van der Waals surface area contributed by atoms with E-state index in [4.69, 9.17) is 0 Å². The van der Waals surface area contributed by atoms with Crippen LogP contribution in [0.2, 0.25) is 0 Å². The summed E-state index contributed by atoms with van der Waals surface area (Å²) in [4.78, 5) is 25.6. The standard InChI is InChI=1S/C17H24N2O2/c1-4-5-16(20)18-14-7-8-15-13(10-14)6-9-17(21)19(15)11-12(2)3/h7-8,10,12H,4-6,9,11H2,1-3H3,(H,18,20). The number of hydrogen-bond donors (Lipinski definition) is 1. The average molecular weight is 288 g/mol. The Morgan fingerprint density at radius 2 is 2.10 bits per heavy atom. The number of amides is 2. The third kappa shape index (κ3) is 3.84. The number of rotatable bonds is 5. The molecule has 0 aromatic heterocycles. The third-order valence-electron chi connectivity index (χ3n) is 3.59. The summed E-state index contributed by atoms with van der Waals surface area (Å²) < 4.78 is 0. The molecule has 0 saturated heterocycles. The molecule has 114 valence electrons. The van der Waals surface area contributed by atoms with Crippen LogP contribution in [-0.4, -0.2) is 18.4 Å². The maximum absolute atomic E-state index is 12.1. The largest absolute Gasteiger partial charge is 0.326 e. The van der Waals surface area contributed by atoms with Crippen LogP contribution in [0.4, 0.5) is 11.4 Å². The highest BCUT2D eigenvalue weighted by Gasteiger charge is 2.24. The van der Waals surface area contributed by atoms with E-state index in [1.54, 1.807) is 0 Å². The van der Waals surface area contributed by atoms with Gasteiger partial charge < -0.3 is 10.2 Å². The molecule has 0 aliphatic carbocycles. The molecular weight excluding hydrogens is 264 g/mol. The first-order valence-electron chi connectivity index (χ1n) is 7.74. The molecule has 1 N–H and O–H groups in total. The molecule has 4 heteroatoms. The maximum atomic E-state index is 12.1. The highest BCUT2D eigenvalue weighted by atomic mass is 16.2. The lowest BCUT2D eigenvalue weighted by molar-refractivity contribution is -0.119. The highest BCUT2D eigenvalue weighted by Crippen LogP contribution is 2.31. The van der Waals surface area contributed by atoms with Crippen molar-refractivity contribution in [3.8, 4) is 0 Å². The molecule has 0 radical (unpaired) electrons. The van der Waals surface area contributed by atoms with Gasteiger partial charge in [-0.3, -0.25) is 9.59 Å². The lowest BCUT2D eigenvalue weighted by atomic mass is 9.99. The van der Waals surface area contributed by atoms with Crippen LogP contribution < -0.4 is 10.2 Å². The van der Waals surface area contributed by atoms with E-state index < -0.39 is 0 Å². The Morgan fingerprint density at radius 1 is 1.33 bits per heavy atom. The van der Waals surface area contributed by atoms with Crippen molar-refractivity contribution in [2.75, 3.05) is 16.8 Å². The molecule has 1 heterocycles. The van der Waals surface area contributed by atoms with Crippen LogP contribution in [0.1, 0.15) is 45.6 Å². The van der Waals surface area contributed by atoms with E-state index in [1.807, 2.05) is 30.0 Å². The molecule has 0 bridgehead atoms. The molecule has 1 aliphatic rings. The Kier molecular flexibility index (Phi) is 4.99. The van der Waals surface area contributed by atoms with Gasteiger partial charge in [0.25, 0.3) is 0 Å². The van der Waals surface area contributed by atoms with Crippen molar-refractivity contribution in [2.45, 2.75) is 46.5 Å². The van der Waals surface area contributed by atoms with Crippen LogP contribution in [0.15, 0.2) is 18.2 Å². The fourth-order valence-electron chi connectivity index (χ4n) is 2.65. The fourth-order valence-corrected chi connectivity index (χ4v) is 2.65. The van der Waals surface area contributed by atoms with E-state index in [9.17, 15) is 9.59 Å². The van der Waals surface area contributed by atoms with E-state index in [-0.39, 0.29) is 11.8 Å². The molecular formula is C17H24N2O2. The van der Waals surface area contributed by atoms with E-state index in [0.29, 0.717) is 18.8 Å². The number of carbonyl (C=O) groups is 2. The Hall–Kier alpha value is -1.84. The molecule has 0 unspecified atom stereocenters. The maximum Gasteiger partial charge on any atom is 0.227 e. The van der Waals surface area contributed by atoms with Crippen molar-refractivity contribution in [3.05, 3.63) is 23.8 Å². The molecule has 0 spiro atoms. The summed E-state index contributed by atoms with van der Waals surface area (Å²) in [6.45, 7) is 6.96. The SMILES string of the molecule is CCCC(=O)Nc1ccc2c(c1)CCC(=O)N2CC(C)C. The third-order valence-corrected chi connectivity index (χ3v) is 3.59. The second-order valence-corrected chi connectivity index (χ2v) is 6.04. The second kappa shape index (κ2) is 6.74. The molecule has 1 aromatic carbocycles. The van der Waals surface area contributed by atoms with Gasteiger partial charge in [-0.05, 0) is 42.5 Å². The number of nitrogens with zero attached hydrogens (tertiary/aromatic N) is 1. The minimum atomic E-state index is 0.0448. The Morgan fingerprint density at radius 3 is 2.76 bits per heavy atom. The van der Waals surface area contributed by atoms with Gasteiger partial charge in [-0.2, -0.15) is 0 Å². The van der Waals surface area contributed by atoms with Crippen molar-refractivity contribution in [2.24, 2.45) is 5.92 Å².